The van der Waals surface area contributed by atoms with Gasteiger partial charge >= 0.3 is 0 Å². The number of halogens is 2. The maximum Gasteiger partial charge on any atom is 0.187 e. The van der Waals surface area contributed by atoms with Crippen LogP contribution >= 0.6 is 38.9 Å². The molecule has 0 aliphatic rings. The second kappa shape index (κ2) is 6.18. The number of aryl methyl sites for hydroxylation is 1. The highest BCUT2D eigenvalue weighted by Crippen LogP contribution is 2.32. The zero-order valence-electron chi connectivity index (χ0n) is 11.2. The summed E-state index contributed by atoms with van der Waals surface area (Å²) < 4.78 is 1.04. The molecule has 21 heavy (non-hydrogen) atoms. The van der Waals surface area contributed by atoms with Gasteiger partial charge in [-0.2, -0.15) is 0 Å². The van der Waals surface area contributed by atoms with Crippen molar-refractivity contribution in [3.63, 3.8) is 0 Å². The smallest absolute Gasteiger partial charge is 0.187 e. The van der Waals surface area contributed by atoms with Crippen molar-refractivity contribution < 1.29 is 0 Å². The fourth-order valence-electron chi connectivity index (χ4n) is 2.02. The van der Waals surface area contributed by atoms with Gasteiger partial charge in [0.2, 0.25) is 0 Å². The molecule has 0 aliphatic heterocycles. The molecule has 3 rings (SSSR count). The van der Waals surface area contributed by atoms with Crippen LogP contribution in [0.1, 0.15) is 4.88 Å². The second-order valence-corrected chi connectivity index (χ2v) is 7.12. The van der Waals surface area contributed by atoms with E-state index in [1.165, 1.54) is 4.88 Å². The highest BCUT2D eigenvalue weighted by molar-refractivity contribution is 9.10. The Balaban J connectivity index is 1.89. The molecular weight excluding hydrogens is 368 g/mol. The second-order valence-electron chi connectivity index (χ2n) is 4.57. The third kappa shape index (κ3) is 3.46. The average Bonchev–Trinajstić information content (AvgIpc) is 2.80. The molecule has 1 N–H and O–H groups in total. The van der Waals surface area contributed by atoms with Gasteiger partial charge in [0.05, 0.1) is 5.69 Å². The summed E-state index contributed by atoms with van der Waals surface area (Å²) in [5.74, 6) is 0. The lowest BCUT2D eigenvalue weighted by atomic mass is 10.1. The molecule has 5 heteroatoms. The summed E-state index contributed by atoms with van der Waals surface area (Å²) in [6.45, 7) is 2.08. The summed E-state index contributed by atoms with van der Waals surface area (Å²) in [6, 6.07) is 15.8. The molecule has 1 heterocycles. The molecule has 0 bridgehead atoms. The van der Waals surface area contributed by atoms with Gasteiger partial charge in [-0.05, 0) is 37.3 Å². The van der Waals surface area contributed by atoms with Crippen LogP contribution in [0.25, 0.3) is 11.3 Å². The molecule has 0 atom stereocenters. The molecule has 0 fully saturated rings. The Bertz CT molecular complexity index is 768. The van der Waals surface area contributed by atoms with Crippen LogP contribution in [0.4, 0.5) is 10.8 Å². The van der Waals surface area contributed by atoms with Gasteiger partial charge in [-0.3, -0.25) is 0 Å². The fourth-order valence-corrected chi connectivity index (χ4v) is 3.40. The normalized spacial score (nSPS) is 10.6. The third-order valence-electron chi connectivity index (χ3n) is 2.99. The van der Waals surface area contributed by atoms with Crippen molar-refractivity contribution in [2.75, 3.05) is 5.32 Å². The number of nitrogens with one attached hydrogen (secondary N) is 1. The number of nitrogens with zero attached hydrogens (tertiary/aromatic N) is 1. The molecule has 1 aromatic heterocycles. The topological polar surface area (TPSA) is 24.9 Å². The van der Waals surface area contributed by atoms with Crippen LogP contribution in [0.15, 0.2) is 53.0 Å². The summed E-state index contributed by atoms with van der Waals surface area (Å²) in [4.78, 5) is 5.86. The zero-order chi connectivity index (χ0) is 14.8. The van der Waals surface area contributed by atoms with Crippen molar-refractivity contribution in [3.05, 3.63) is 62.9 Å². The average molecular weight is 380 g/mol. The highest BCUT2D eigenvalue weighted by Gasteiger charge is 2.10. The van der Waals surface area contributed by atoms with Crippen LogP contribution in [-0.2, 0) is 0 Å². The Morgan fingerprint density at radius 1 is 1.14 bits per heavy atom. The van der Waals surface area contributed by atoms with E-state index in [0.29, 0.717) is 0 Å². The van der Waals surface area contributed by atoms with E-state index in [4.69, 9.17) is 11.6 Å². The summed E-state index contributed by atoms with van der Waals surface area (Å²) in [7, 11) is 0. The van der Waals surface area contributed by atoms with E-state index in [0.717, 1.165) is 31.6 Å². The van der Waals surface area contributed by atoms with Gasteiger partial charge in [-0.1, -0.05) is 45.7 Å². The maximum atomic E-state index is 5.93. The van der Waals surface area contributed by atoms with Crippen molar-refractivity contribution >= 4 is 49.7 Å². The molecule has 3 aromatic rings. The van der Waals surface area contributed by atoms with Crippen LogP contribution in [0, 0.1) is 6.92 Å². The molecule has 0 saturated carbocycles. The summed E-state index contributed by atoms with van der Waals surface area (Å²) in [6.07, 6.45) is 0. The van der Waals surface area contributed by atoms with Crippen LogP contribution in [-0.4, -0.2) is 4.98 Å². The van der Waals surface area contributed by atoms with E-state index in [1.807, 2.05) is 48.5 Å². The first-order valence-corrected chi connectivity index (χ1v) is 8.36. The first kappa shape index (κ1) is 14.6. The molecule has 2 aromatic carbocycles. The molecular formula is C16H12BrClN2S. The minimum Gasteiger partial charge on any atom is -0.331 e. The number of hydrogen-bond acceptors (Lipinski definition) is 3. The first-order valence-electron chi connectivity index (χ1n) is 6.38. The minimum absolute atomic E-state index is 0.735. The Morgan fingerprint density at radius 3 is 2.62 bits per heavy atom. The van der Waals surface area contributed by atoms with Gasteiger partial charge in [0, 0.05) is 25.6 Å². The van der Waals surface area contributed by atoms with E-state index in [2.05, 4.69) is 33.2 Å². The third-order valence-corrected chi connectivity index (χ3v) is 4.62. The van der Waals surface area contributed by atoms with Gasteiger partial charge in [0.25, 0.3) is 0 Å². The highest BCUT2D eigenvalue weighted by atomic mass is 79.9. The van der Waals surface area contributed by atoms with Crippen LogP contribution in [0.2, 0.25) is 5.02 Å². The number of benzene rings is 2. The van der Waals surface area contributed by atoms with Gasteiger partial charge in [0.15, 0.2) is 5.13 Å². The van der Waals surface area contributed by atoms with Gasteiger partial charge in [-0.25, -0.2) is 4.98 Å². The van der Waals surface area contributed by atoms with E-state index < -0.39 is 0 Å². The van der Waals surface area contributed by atoms with Gasteiger partial charge in [-0.15, -0.1) is 11.3 Å². The van der Waals surface area contributed by atoms with E-state index in [-0.39, 0.29) is 0 Å². The van der Waals surface area contributed by atoms with E-state index in [9.17, 15) is 0 Å². The SMILES string of the molecule is Cc1sc(Nc2cccc(Br)c2)nc1-c1ccc(Cl)cc1. The number of thiazole rings is 1. The molecule has 0 unspecified atom stereocenters. The monoisotopic (exact) mass is 378 g/mol. The number of rotatable bonds is 3. The van der Waals surface area contributed by atoms with E-state index >= 15 is 0 Å². The Morgan fingerprint density at radius 2 is 1.90 bits per heavy atom. The molecule has 0 spiro atoms. The fraction of sp³-hybridized carbons (Fsp3) is 0.0625. The molecule has 106 valence electrons. The van der Waals surface area contributed by atoms with E-state index in [1.54, 1.807) is 11.3 Å². The molecule has 0 saturated heterocycles. The lowest BCUT2D eigenvalue weighted by Gasteiger charge is -2.02. The number of aromatic nitrogens is 1. The van der Waals surface area contributed by atoms with Gasteiger partial charge in [0.1, 0.15) is 0 Å². The molecule has 2 nitrogen and oxygen atoms in total. The zero-order valence-corrected chi connectivity index (χ0v) is 14.4. The summed E-state index contributed by atoms with van der Waals surface area (Å²) >= 11 is 11.0. The lowest BCUT2D eigenvalue weighted by molar-refractivity contribution is 1.36. The van der Waals surface area contributed by atoms with Crippen LogP contribution in [0.5, 0.6) is 0 Å². The van der Waals surface area contributed by atoms with Gasteiger partial charge < -0.3 is 5.32 Å². The minimum atomic E-state index is 0.735. The predicted molar refractivity (Wildman–Crippen MR) is 94.7 cm³/mol. The van der Waals surface area contributed by atoms with Crippen molar-refractivity contribution in [1.82, 2.24) is 4.98 Å². The van der Waals surface area contributed by atoms with Crippen molar-refractivity contribution in [2.24, 2.45) is 0 Å². The van der Waals surface area contributed by atoms with Crippen molar-refractivity contribution in [2.45, 2.75) is 6.92 Å². The Kier molecular flexibility index (Phi) is 4.29. The first-order chi connectivity index (χ1) is 10.1. The maximum absolute atomic E-state index is 5.93. The Labute approximate surface area is 140 Å². The summed E-state index contributed by atoms with van der Waals surface area (Å²) in [5, 5.41) is 4.96. The molecule has 0 aliphatic carbocycles. The predicted octanol–water partition coefficient (Wildman–Crippen LogP) is 6.28. The van der Waals surface area contributed by atoms with Crippen molar-refractivity contribution in [1.29, 1.82) is 0 Å². The molecule has 0 amide bonds. The van der Waals surface area contributed by atoms with Crippen molar-refractivity contribution in [3.8, 4) is 11.3 Å². The molecule has 0 radical (unpaired) electrons. The number of anilines is 2. The quantitative estimate of drug-likeness (QED) is 0.579. The number of hydrogen-bond donors (Lipinski definition) is 1. The van der Waals surface area contributed by atoms with Crippen LogP contribution in [0.3, 0.4) is 0 Å². The lowest BCUT2D eigenvalue weighted by Crippen LogP contribution is -1.89. The Hall–Kier alpha value is -1.36. The van der Waals surface area contributed by atoms with Crippen LogP contribution < -0.4 is 5.32 Å². The summed E-state index contributed by atoms with van der Waals surface area (Å²) in [5.41, 5.74) is 3.09. The largest absolute Gasteiger partial charge is 0.331 e. The standard InChI is InChI=1S/C16H12BrClN2S/c1-10-15(11-5-7-13(18)8-6-11)20-16(21-10)19-14-4-2-3-12(17)9-14/h2-9H,1H3,(H,19,20).